The smallest absolute Gasteiger partial charge is 0.351 e. The molecule has 1 aliphatic heterocycles. The van der Waals surface area contributed by atoms with Gasteiger partial charge in [-0.1, -0.05) is 0 Å². The minimum absolute atomic E-state index is 0.0845. The summed E-state index contributed by atoms with van der Waals surface area (Å²) in [5.41, 5.74) is 4.73. The van der Waals surface area contributed by atoms with Crippen LogP contribution in [-0.2, 0) is 9.26 Å². The molecule has 0 aromatic carbocycles. The first-order chi connectivity index (χ1) is 8.58. The van der Waals surface area contributed by atoms with Crippen LogP contribution in [0, 0.1) is 0 Å². The number of aliphatic hydroxyl groups is 2. The van der Waals surface area contributed by atoms with E-state index in [-0.39, 0.29) is 12.4 Å². The molecule has 8 nitrogen and oxygen atoms in total. The van der Waals surface area contributed by atoms with Crippen molar-refractivity contribution in [1.82, 2.24) is 9.55 Å². The number of aromatic nitrogens is 2. The lowest BCUT2D eigenvalue weighted by atomic mass is 10.1. The first-order valence-electron chi connectivity index (χ1n) is 5.23. The van der Waals surface area contributed by atoms with Gasteiger partial charge in [0, 0.05) is 15.7 Å². The van der Waals surface area contributed by atoms with Crippen LogP contribution in [-0.4, -0.2) is 44.7 Å². The monoisotopic (exact) mass is 275 g/mol. The van der Waals surface area contributed by atoms with Crippen LogP contribution >= 0.6 is 9.47 Å². The van der Waals surface area contributed by atoms with Crippen molar-refractivity contribution in [2.45, 2.75) is 24.5 Å². The van der Waals surface area contributed by atoms with Gasteiger partial charge in [-0.15, -0.1) is 0 Å². The van der Waals surface area contributed by atoms with Crippen molar-refractivity contribution in [3.63, 3.8) is 0 Å². The van der Waals surface area contributed by atoms with E-state index in [1.807, 2.05) is 9.47 Å². The number of hydrogen-bond acceptors (Lipinski definition) is 7. The molecule has 1 saturated heterocycles. The quantitative estimate of drug-likeness (QED) is 0.559. The van der Waals surface area contributed by atoms with Gasteiger partial charge in [-0.2, -0.15) is 4.98 Å². The van der Waals surface area contributed by atoms with Gasteiger partial charge in [0.25, 0.3) is 0 Å². The molecule has 0 aliphatic carbocycles. The third-order valence-corrected chi connectivity index (χ3v) is 3.09. The molecule has 100 valence electrons. The average Bonchev–Trinajstić information content (AvgIpc) is 2.66. The zero-order valence-corrected chi connectivity index (χ0v) is 10.5. The Morgan fingerprint density at radius 1 is 1.67 bits per heavy atom. The van der Waals surface area contributed by atoms with E-state index >= 15 is 0 Å². The first-order valence-corrected chi connectivity index (χ1v) is 5.70. The third kappa shape index (κ3) is 2.25. The van der Waals surface area contributed by atoms with Gasteiger partial charge in [-0.25, -0.2) is 4.79 Å². The van der Waals surface area contributed by atoms with E-state index in [9.17, 15) is 9.90 Å². The van der Waals surface area contributed by atoms with Gasteiger partial charge in [0.1, 0.15) is 24.1 Å². The molecule has 4 N–H and O–H groups in total. The van der Waals surface area contributed by atoms with E-state index in [0.29, 0.717) is 0 Å². The number of rotatable bonds is 3. The second-order valence-corrected chi connectivity index (χ2v) is 4.15. The highest BCUT2D eigenvalue weighted by Gasteiger charge is 2.45. The van der Waals surface area contributed by atoms with E-state index in [4.69, 9.17) is 20.1 Å². The fraction of sp³-hybridized carbons (Fsp3) is 0.556. The summed E-state index contributed by atoms with van der Waals surface area (Å²) in [5.74, 6) is 0.0845. The summed E-state index contributed by atoms with van der Waals surface area (Å²) in [5, 5.41) is 19.1. The Hall–Kier alpha value is -1.05. The Labute approximate surface area is 105 Å². The van der Waals surface area contributed by atoms with Gasteiger partial charge in [0.2, 0.25) is 0 Å². The predicted octanol–water partition coefficient (Wildman–Crippen LogP) is -1.75. The van der Waals surface area contributed by atoms with E-state index < -0.39 is 30.2 Å². The summed E-state index contributed by atoms with van der Waals surface area (Å²) < 4.78 is 11.4. The largest absolute Gasteiger partial charge is 0.394 e. The molecular formula is C9H14N3O5P. The Balaban J connectivity index is 2.32. The Kier molecular flexibility index (Phi) is 3.94. The molecule has 0 amide bonds. The van der Waals surface area contributed by atoms with Gasteiger partial charge >= 0.3 is 5.69 Å². The number of nitrogens with two attached hydrogens (primary N) is 1. The van der Waals surface area contributed by atoms with Crippen molar-refractivity contribution in [1.29, 1.82) is 0 Å². The highest BCUT2D eigenvalue weighted by Crippen LogP contribution is 2.31. The van der Waals surface area contributed by atoms with Gasteiger partial charge < -0.3 is 25.2 Å². The SMILES string of the molecule is Nc1ccn([C@H]2O[C@@H](CO)[C@H](OP)[C@@H]2O)c(=O)n1. The molecule has 1 unspecified atom stereocenters. The van der Waals surface area contributed by atoms with Gasteiger partial charge in [0.05, 0.1) is 6.61 Å². The summed E-state index contributed by atoms with van der Waals surface area (Å²) in [4.78, 5) is 15.2. The maximum atomic E-state index is 11.6. The summed E-state index contributed by atoms with van der Waals surface area (Å²) in [6, 6.07) is 1.42. The summed E-state index contributed by atoms with van der Waals surface area (Å²) >= 11 is 0. The van der Waals surface area contributed by atoms with Crippen LogP contribution in [0.25, 0.3) is 0 Å². The molecule has 1 fully saturated rings. The lowest BCUT2D eigenvalue weighted by Crippen LogP contribution is -2.36. The minimum atomic E-state index is -1.09. The molecule has 18 heavy (non-hydrogen) atoms. The number of hydrogen-bond donors (Lipinski definition) is 3. The van der Waals surface area contributed by atoms with Crippen LogP contribution in [0.4, 0.5) is 5.82 Å². The molecule has 0 bridgehead atoms. The number of nitrogen functional groups attached to an aromatic ring is 1. The highest BCUT2D eigenvalue weighted by molar-refractivity contribution is 7.09. The van der Waals surface area contributed by atoms with Gasteiger partial charge in [-0.05, 0) is 6.07 Å². The molecule has 5 atom stereocenters. The summed E-state index contributed by atoms with van der Waals surface area (Å²) in [6.45, 7) is -0.330. The molecule has 2 heterocycles. The normalized spacial score (nSPS) is 31.7. The molecule has 9 heteroatoms. The summed E-state index contributed by atoms with van der Waals surface area (Å²) in [7, 11) is 2.00. The molecule has 1 aromatic heterocycles. The van der Waals surface area contributed by atoms with Crippen LogP contribution in [0.3, 0.4) is 0 Å². The van der Waals surface area contributed by atoms with Gasteiger partial charge in [0.15, 0.2) is 6.23 Å². The summed E-state index contributed by atoms with van der Waals surface area (Å²) in [6.07, 6.45) is -2.14. The third-order valence-electron chi connectivity index (χ3n) is 2.77. The Morgan fingerprint density at radius 3 is 2.89 bits per heavy atom. The second kappa shape index (κ2) is 5.29. The molecular weight excluding hydrogens is 261 g/mol. The highest BCUT2D eigenvalue weighted by atomic mass is 31.0. The van der Waals surface area contributed by atoms with Crippen LogP contribution in [0.1, 0.15) is 6.23 Å². The van der Waals surface area contributed by atoms with Crippen LogP contribution in [0.5, 0.6) is 0 Å². The number of anilines is 1. The lowest BCUT2D eigenvalue weighted by molar-refractivity contribution is -0.0541. The standard InChI is InChI=1S/C9H14N3O5P/c10-5-1-2-12(9(15)11-5)8-6(14)7(17-18)4(3-13)16-8/h1-2,4,6-8,13-14H,3,18H2,(H2,10,11,15)/t4-,6-,7-,8-/m0/s1. The molecule has 1 aromatic rings. The zero-order chi connectivity index (χ0) is 13.3. The van der Waals surface area contributed by atoms with E-state index in [0.717, 1.165) is 4.57 Å². The number of aliphatic hydroxyl groups excluding tert-OH is 2. The average molecular weight is 275 g/mol. The van der Waals surface area contributed by atoms with Crippen LogP contribution in [0.2, 0.25) is 0 Å². The van der Waals surface area contributed by atoms with E-state index in [2.05, 4.69) is 4.98 Å². The molecule has 2 rings (SSSR count). The number of ether oxygens (including phenoxy) is 1. The first kappa shape index (κ1) is 13.4. The Bertz CT molecular complexity index is 482. The lowest BCUT2D eigenvalue weighted by Gasteiger charge is -2.17. The molecule has 0 spiro atoms. The van der Waals surface area contributed by atoms with E-state index in [1.165, 1.54) is 12.3 Å². The minimum Gasteiger partial charge on any atom is -0.394 e. The maximum absolute atomic E-state index is 11.6. The van der Waals surface area contributed by atoms with Crippen molar-refractivity contribution < 1.29 is 19.5 Å². The van der Waals surface area contributed by atoms with Crippen LogP contribution in [0.15, 0.2) is 17.1 Å². The van der Waals surface area contributed by atoms with Crippen molar-refractivity contribution in [2.24, 2.45) is 0 Å². The molecule has 0 radical (unpaired) electrons. The predicted molar refractivity (Wildman–Crippen MR) is 64.5 cm³/mol. The molecule has 0 saturated carbocycles. The van der Waals surface area contributed by atoms with Crippen molar-refractivity contribution >= 4 is 15.3 Å². The fourth-order valence-electron chi connectivity index (χ4n) is 1.88. The van der Waals surface area contributed by atoms with Crippen molar-refractivity contribution in [3.05, 3.63) is 22.7 Å². The topological polar surface area (TPSA) is 120 Å². The second-order valence-electron chi connectivity index (χ2n) is 3.88. The number of nitrogens with zero attached hydrogens (tertiary/aromatic N) is 2. The van der Waals surface area contributed by atoms with E-state index in [1.54, 1.807) is 0 Å². The van der Waals surface area contributed by atoms with Crippen molar-refractivity contribution in [2.75, 3.05) is 12.3 Å². The van der Waals surface area contributed by atoms with Gasteiger partial charge in [-0.3, -0.25) is 4.57 Å². The fourth-order valence-corrected chi connectivity index (χ4v) is 2.22. The zero-order valence-electron chi connectivity index (χ0n) is 9.34. The Morgan fingerprint density at radius 2 is 2.39 bits per heavy atom. The molecule has 1 aliphatic rings. The van der Waals surface area contributed by atoms with Crippen LogP contribution < -0.4 is 11.4 Å². The maximum Gasteiger partial charge on any atom is 0.351 e. The van der Waals surface area contributed by atoms with Crippen molar-refractivity contribution in [3.8, 4) is 0 Å².